The van der Waals surface area contributed by atoms with E-state index >= 15 is 0 Å². The standard InChI is InChI=1S/C42H26N2O/c1-2-10-27(11-3-1)28-18-20-29(21-19-28)43-35-15-7-4-13-33(35)41-37(43)24-25-38-42(41)34-14-5-8-16-36(34)44(38)30-22-23-32-31-12-6-9-17-39(31)45-40(32)26-30/h1-26H. The molecule has 0 aliphatic rings. The molecule has 3 heteroatoms. The van der Waals surface area contributed by atoms with Gasteiger partial charge in [0.15, 0.2) is 0 Å². The van der Waals surface area contributed by atoms with Crippen molar-refractivity contribution >= 4 is 65.6 Å². The van der Waals surface area contributed by atoms with Gasteiger partial charge in [0.05, 0.1) is 22.1 Å². The molecule has 0 N–H and O–H groups in total. The molecular weight excluding hydrogens is 548 g/mol. The lowest BCUT2D eigenvalue weighted by atomic mass is 10.1. The molecule has 3 heterocycles. The van der Waals surface area contributed by atoms with Crippen molar-refractivity contribution < 1.29 is 4.42 Å². The molecule has 3 aromatic heterocycles. The Morgan fingerprint density at radius 3 is 1.53 bits per heavy atom. The zero-order valence-corrected chi connectivity index (χ0v) is 24.3. The summed E-state index contributed by atoms with van der Waals surface area (Å²) in [5.41, 5.74) is 11.3. The van der Waals surface area contributed by atoms with E-state index in [1.807, 2.05) is 12.1 Å². The van der Waals surface area contributed by atoms with Crippen LogP contribution in [0.25, 0.3) is 88.1 Å². The molecule has 0 bridgehead atoms. The lowest BCUT2D eigenvalue weighted by molar-refractivity contribution is 0.668. The minimum atomic E-state index is 0.899. The van der Waals surface area contributed by atoms with E-state index in [0.29, 0.717) is 0 Å². The van der Waals surface area contributed by atoms with Crippen molar-refractivity contribution in [2.24, 2.45) is 0 Å². The summed E-state index contributed by atoms with van der Waals surface area (Å²) in [6, 6.07) is 56.5. The van der Waals surface area contributed by atoms with Crippen LogP contribution in [0.1, 0.15) is 0 Å². The fourth-order valence-corrected chi connectivity index (χ4v) is 7.36. The van der Waals surface area contributed by atoms with Gasteiger partial charge in [-0.3, -0.25) is 0 Å². The Hall–Kier alpha value is -6.06. The smallest absolute Gasteiger partial charge is 0.137 e. The Morgan fingerprint density at radius 1 is 0.333 bits per heavy atom. The number of rotatable bonds is 3. The number of para-hydroxylation sites is 3. The third kappa shape index (κ3) is 3.46. The molecule has 0 atom stereocenters. The highest BCUT2D eigenvalue weighted by molar-refractivity contribution is 6.29. The molecule has 0 aliphatic carbocycles. The molecule has 0 amide bonds. The van der Waals surface area contributed by atoms with E-state index in [9.17, 15) is 0 Å². The number of furan rings is 1. The summed E-state index contributed by atoms with van der Waals surface area (Å²) in [6.45, 7) is 0. The maximum Gasteiger partial charge on any atom is 0.137 e. The van der Waals surface area contributed by atoms with Crippen LogP contribution in [0, 0.1) is 0 Å². The molecular formula is C42H26N2O. The molecule has 45 heavy (non-hydrogen) atoms. The van der Waals surface area contributed by atoms with E-state index in [2.05, 4.69) is 155 Å². The lowest BCUT2D eigenvalue weighted by Gasteiger charge is -2.10. The summed E-state index contributed by atoms with van der Waals surface area (Å²) in [5.74, 6) is 0. The van der Waals surface area contributed by atoms with Crippen molar-refractivity contribution in [2.75, 3.05) is 0 Å². The molecule has 7 aromatic carbocycles. The summed E-state index contributed by atoms with van der Waals surface area (Å²) >= 11 is 0. The van der Waals surface area contributed by atoms with Gasteiger partial charge in [-0.25, -0.2) is 0 Å². The first-order valence-corrected chi connectivity index (χ1v) is 15.4. The Balaban J connectivity index is 1.25. The van der Waals surface area contributed by atoms with Crippen LogP contribution in [-0.2, 0) is 0 Å². The normalized spacial score (nSPS) is 12.0. The van der Waals surface area contributed by atoms with Gasteiger partial charge in [0.2, 0.25) is 0 Å². The molecule has 0 fully saturated rings. The van der Waals surface area contributed by atoms with Crippen LogP contribution in [0.5, 0.6) is 0 Å². The van der Waals surface area contributed by atoms with Crippen molar-refractivity contribution in [1.82, 2.24) is 9.13 Å². The first-order chi connectivity index (χ1) is 22.3. The second-order valence-electron chi connectivity index (χ2n) is 11.8. The Labute approximate surface area is 258 Å². The highest BCUT2D eigenvalue weighted by Gasteiger charge is 2.21. The summed E-state index contributed by atoms with van der Waals surface area (Å²) in [5, 5.41) is 7.32. The van der Waals surface area contributed by atoms with Gasteiger partial charge in [0.25, 0.3) is 0 Å². The van der Waals surface area contributed by atoms with Crippen molar-refractivity contribution in [2.45, 2.75) is 0 Å². The lowest BCUT2D eigenvalue weighted by Crippen LogP contribution is -1.95. The van der Waals surface area contributed by atoms with Gasteiger partial charge < -0.3 is 13.6 Å². The third-order valence-corrected chi connectivity index (χ3v) is 9.32. The highest BCUT2D eigenvalue weighted by Crippen LogP contribution is 2.43. The summed E-state index contributed by atoms with van der Waals surface area (Å²) < 4.78 is 11.1. The van der Waals surface area contributed by atoms with E-state index in [1.165, 1.54) is 54.7 Å². The molecule has 0 saturated carbocycles. The SMILES string of the molecule is c1ccc(-c2ccc(-n3c4ccccc4c4c5c6ccccc6n(-c6ccc7c(c6)oc6ccccc67)c5ccc43)cc2)cc1. The first-order valence-electron chi connectivity index (χ1n) is 15.4. The predicted octanol–water partition coefficient (Wildman–Crippen LogP) is 11.4. The number of hydrogen-bond donors (Lipinski definition) is 0. The molecule has 0 radical (unpaired) electrons. The van der Waals surface area contributed by atoms with E-state index in [0.717, 1.165) is 33.3 Å². The maximum atomic E-state index is 6.32. The van der Waals surface area contributed by atoms with Crippen LogP contribution < -0.4 is 0 Å². The minimum absolute atomic E-state index is 0.899. The third-order valence-electron chi connectivity index (χ3n) is 9.32. The van der Waals surface area contributed by atoms with Crippen molar-refractivity contribution in [3.8, 4) is 22.5 Å². The molecule has 10 rings (SSSR count). The highest BCUT2D eigenvalue weighted by atomic mass is 16.3. The maximum absolute atomic E-state index is 6.32. The Kier molecular flexibility index (Phi) is 5.00. The van der Waals surface area contributed by atoms with Gasteiger partial charge in [-0.05, 0) is 65.7 Å². The second-order valence-corrected chi connectivity index (χ2v) is 11.8. The zero-order chi connectivity index (χ0) is 29.5. The zero-order valence-electron chi connectivity index (χ0n) is 24.3. The van der Waals surface area contributed by atoms with Crippen molar-refractivity contribution in [3.05, 3.63) is 158 Å². The number of benzene rings is 7. The molecule has 0 saturated heterocycles. The number of fused-ring (bicyclic) bond motifs is 10. The molecule has 0 unspecified atom stereocenters. The average molecular weight is 575 g/mol. The average Bonchev–Trinajstić information content (AvgIpc) is 3.76. The van der Waals surface area contributed by atoms with Crippen LogP contribution in [0.4, 0.5) is 0 Å². The van der Waals surface area contributed by atoms with Crippen LogP contribution >= 0.6 is 0 Å². The van der Waals surface area contributed by atoms with E-state index < -0.39 is 0 Å². The van der Waals surface area contributed by atoms with Gasteiger partial charge in [-0.2, -0.15) is 0 Å². The van der Waals surface area contributed by atoms with E-state index in [-0.39, 0.29) is 0 Å². The van der Waals surface area contributed by atoms with Crippen LogP contribution in [0.15, 0.2) is 162 Å². The number of nitrogens with zero attached hydrogens (tertiary/aromatic N) is 2. The molecule has 3 nitrogen and oxygen atoms in total. The van der Waals surface area contributed by atoms with Crippen molar-refractivity contribution in [1.29, 1.82) is 0 Å². The van der Waals surface area contributed by atoms with E-state index in [1.54, 1.807) is 0 Å². The van der Waals surface area contributed by atoms with Crippen LogP contribution in [0.3, 0.4) is 0 Å². The monoisotopic (exact) mass is 574 g/mol. The van der Waals surface area contributed by atoms with Gasteiger partial charge in [-0.15, -0.1) is 0 Å². The fourth-order valence-electron chi connectivity index (χ4n) is 7.36. The fraction of sp³-hybridized carbons (Fsp3) is 0. The minimum Gasteiger partial charge on any atom is -0.456 e. The number of hydrogen-bond acceptors (Lipinski definition) is 1. The van der Waals surface area contributed by atoms with Crippen LogP contribution in [-0.4, -0.2) is 9.13 Å². The molecule has 0 spiro atoms. The van der Waals surface area contributed by atoms with E-state index in [4.69, 9.17) is 4.42 Å². The molecule has 210 valence electrons. The Morgan fingerprint density at radius 2 is 0.844 bits per heavy atom. The summed E-state index contributed by atoms with van der Waals surface area (Å²) in [4.78, 5) is 0. The van der Waals surface area contributed by atoms with Crippen molar-refractivity contribution in [3.63, 3.8) is 0 Å². The topological polar surface area (TPSA) is 23.0 Å². The molecule has 10 aromatic rings. The Bertz CT molecular complexity index is 2740. The predicted molar refractivity (Wildman–Crippen MR) is 188 cm³/mol. The van der Waals surface area contributed by atoms with Gasteiger partial charge in [-0.1, -0.05) is 97.1 Å². The van der Waals surface area contributed by atoms with Gasteiger partial charge in [0.1, 0.15) is 11.2 Å². The second kappa shape index (κ2) is 9.22. The van der Waals surface area contributed by atoms with Gasteiger partial charge in [0, 0.05) is 49.8 Å². The molecule has 0 aliphatic heterocycles. The quantitative estimate of drug-likeness (QED) is 0.206. The first kappa shape index (κ1) is 24.4. The van der Waals surface area contributed by atoms with Crippen LogP contribution in [0.2, 0.25) is 0 Å². The number of aromatic nitrogens is 2. The summed E-state index contributed by atoms with van der Waals surface area (Å²) in [6.07, 6.45) is 0. The summed E-state index contributed by atoms with van der Waals surface area (Å²) in [7, 11) is 0. The largest absolute Gasteiger partial charge is 0.456 e. The van der Waals surface area contributed by atoms with Gasteiger partial charge >= 0.3 is 0 Å².